The van der Waals surface area contributed by atoms with Crippen LogP contribution in [0, 0.1) is 0 Å². The SMILES string of the molecule is O=C(O)[C@@H]1CCCN1C(=O)CCc1cc(Cl)cs1. The average Bonchev–Trinajstić information content (AvgIpc) is 2.94. The minimum Gasteiger partial charge on any atom is -0.480 e. The van der Waals surface area contributed by atoms with Gasteiger partial charge in [-0.25, -0.2) is 4.79 Å². The van der Waals surface area contributed by atoms with E-state index in [0.717, 1.165) is 11.3 Å². The molecule has 2 heterocycles. The fourth-order valence-electron chi connectivity index (χ4n) is 2.18. The number of likely N-dealkylation sites (tertiary alicyclic amines) is 1. The van der Waals surface area contributed by atoms with Crippen LogP contribution in [0.2, 0.25) is 5.02 Å². The van der Waals surface area contributed by atoms with Gasteiger partial charge in [0.1, 0.15) is 6.04 Å². The van der Waals surface area contributed by atoms with Gasteiger partial charge < -0.3 is 10.0 Å². The van der Waals surface area contributed by atoms with E-state index in [2.05, 4.69) is 0 Å². The average molecular weight is 288 g/mol. The van der Waals surface area contributed by atoms with Crippen LogP contribution >= 0.6 is 22.9 Å². The topological polar surface area (TPSA) is 57.6 Å². The minimum atomic E-state index is -0.903. The molecule has 6 heteroatoms. The number of halogens is 1. The van der Waals surface area contributed by atoms with E-state index in [-0.39, 0.29) is 5.91 Å². The van der Waals surface area contributed by atoms with E-state index in [1.165, 1.54) is 16.2 Å². The predicted molar refractivity (Wildman–Crippen MR) is 70.0 cm³/mol. The molecular weight excluding hydrogens is 274 g/mol. The maximum Gasteiger partial charge on any atom is 0.326 e. The number of carboxylic acids is 1. The van der Waals surface area contributed by atoms with Crippen molar-refractivity contribution in [3.8, 4) is 0 Å². The zero-order chi connectivity index (χ0) is 13.1. The Balaban J connectivity index is 1.89. The summed E-state index contributed by atoms with van der Waals surface area (Å²) in [7, 11) is 0. The highest BCUT2D eigenvalue weighted by atomic mass is 35.5. The first-order valence-corrected chi connectivity index (χ1v) is 7.09. The molecule has 2 rings (SSSR count). The third-order valence-corrected chi connectivity index (χ3v) is 4.41. The van der Waals surface area contributed by atoms with Crippen LogP contribution in [0.1, 0.15) is 24.1 Å². The van der Waals surface area contributed by atoms with Crippen LogP contribution in [-0.2, 0) is 16.0 Å². The molecule has 1 fully saturated rings. The first-order chi connectivity index (χ1) is 8.58. The van der Waals surface area contributed by atoms with Crippen molar-refractivity contribution in [1.82, 2.24) is 4.90 Å². The van der Waals surface area contributed by atoms with Crippen LogP contribution in [0.3, 0.4) is 0 Å². The Kier molecular flexibility index (Phi) is 4.24. The molecule has 1 aliphatic rings. The van der Waals surface area contributed by atoms with E-state index in [9.17, 15) is 9.59 Å². The fourth-order valence-corrected chi connectivity index (χ4v) is 3.26. The summed E-state index contributed by atoms with van der Waals surface area (Å²) >= 11 is 7.33. The second-order valence-corrected chi connectivity index (χ2v) is 5.75. The van der Waals surface area contributed by atoms with Gasteiger partial charge in [-0.3, -0.25) is 4.79 Å². The molecule has 0 unspecified atom stereocenters. The summed E-state index contributed by atoms with van der Waals surface area (Å²) in [5.41, 5.74) is 0. The van der Waals surface area contributed by atoms with Crippen molar-refractivity contribution in [3.63, 3.8) is 0 Å². The summed E-state index contributed by atoms with van der Waals surface area (Å²) in [6.07, 6.45) is 2.30. The van der Waals surface area contributed by atoms with Crippen molar-refractivity contribution in [2.24, 2.45) is 0 Å². The fraction of sp³-hybridized carbons (Fsp3) is 0.500. The highest BCUT2D eigenvalue weighted by Gasteiger charge is 2.33. The third-order valence-electron chi connectivity index (χ3n) is 3.07. The molecular formula is C12H14ClNO3S. The molecule has 0 aromatic carbocycles. The quantitative estimate of drug-likeness (QED) is 0.925. The van der Waals surface area contributed by atoms with Gasteiger partial charge in [0.2, 0.25) is 5.91 Å². The van der Waals surface area contributed by atoms with Crippen LogP contribution in [0.15, 0.2) is 11.4 Å². The number of amides is 1. The molecule has 1 aromatic heterocycles. The third kappa shape index (κ3) is 3.03. The van der Waals surface area contributed by atoms with Gasteiger partial charge in [-0.2, -0.15) is 0 Å². The molecule has 18 heavy (non-hydrogen) atoms. The van der Waals surface area contributed by atoms with Gasteiger partial charge >= 0.3 is 5.97 Å². The standard InChI is InChI=1S/C12H14ClNO3S/c13-8-6-9(18-7-8)3-4-11(15)14-5-1-2-10(14)12(16)17/h6-7,10H,1-5H2,(H,16,17)/t10-/m0/s1. The maximum atomic E-state index is 12.0. The second kappa shape index (κ2) is 5.71. The first-order valence-electron chi connectivity index (χ1n) is 5.83. The van der Waals surface area contributed by atoms with Gasteiger partial charge in [0.15, 0.2) is 0 Å². The Morgan fingerprint density at radius 3 is 2.94 bits per heavy atom. The van der Waals surface area contributed by atoms with Crippen molar-refractivity contribution in [2.75, 3.05) is 6.54 Å². The van der Waals surface area contributed by atoms with Gasteiger partial charge in [-0.15, -0.1) is 11.3 Å². The summed E-state index contributed by atoms with van der Waals surface area (Å²) in [6, 6.07) is 1.21. The molecule has 1 N–H and O–H groups in total. The number of carbonyl (C=O) groups is 2. The van der Waals surface area contributed by atoms with E-state index in [4.69, 9.17) is 16.7 Å². The predicted octanol–water partition coefficient (Wildman–Crippen LogP) is 2.41. The van der Waals surface area contributed by atoms with Crippen LogP contribution in [0.4, 0.5) is 0 Å². The van der Waals surface area contributed by atoms with Gasteiger partial charge in [0.25, 0.3) is 0 Å². The monoisotopic (exact) mass is 287 g/mol. The van der Waals surface area contributed by atoms with Gasteiger partial charge in [0, 0.05) is 23.2 Å². The number of hydrogen-bond acceptors (Lipinski definition) is 3. The molecule has 0 radical (unpaired) electrons. The number of aryl methyl sites for hydroxylation is 1. The van der Waals surface area contributed by atoms with Crippen LogP contribution in [0.25, 0.3) is 0 Å². The van der Waals surface area contributed by atoms with Gasteiger partial charge in [-0.05, 0) is 25.3 Å². The van der Waals surface area contributed by atoms with Crippen LogP contribution in [0.5, 0.6) is 0 Å². The summed E-state index contributed by atoms with van der Waals surface area (Å²) in [4.78, 5) is 25.5. The van der Waals surface area contributed by atoms with E-state index in [1.54, 1.807) is 0 Å². The maximum absolute atomic E-state index is 12.0. The molecule has 1 amide bonds. The van der Waals surface area contributed by atoms with E-state index < -0.39 is 12.0 Å². The number of rotatable bonds is 4. The molecule has 0 aliphatic carbocycles. The Morgan fingerprint density at radius 1 is 1.56 bits per heavy atom. The number of hydrogen-bond donors (Lipinski definition) is 1. The van der Waals surface area contributed by atoms with E-state index in [1.807, 2.05) is 11.4 Å². The molecule has 0 bridgehead atoms. The number of thiophene rings is 1. The Bertz CT molecular complexity index is 460. The van der Waals surface area contributed by atoms with Crippen LogP contribution in [-0.4, -0.2) is 34.5 Å². The number of nitrogens with zero attached hydrogens (tertiary/aromatic N) is 1. The first kappa shape index (κ1) is 13.4. The molecule has 1 aromatic rings. The van der Waals surface area contributed by atoms with E-state index in [0.29, 0.717) is 30.8 Å². The molecule has 1 aliphatic heterocycles. The molecule has 0 spiro atoms. The van der Waals surface area contributed by atoms with E-state index >= 15 is 0 Å². The second-order valence-electron chi connectivity index (χ2n) is 4.31. The molecule has 98 valence electrons. The number of aliphatic carboxylic acids is 1. The van der Waals surface area contributed by atoms with Gasteiger partial charge in [-0.1, -0.05) is 11.6 Å². The zero-order valence-corrected chi connectivity index (χ0v) is 11.3. The zero-order valence-electron chi connectivity index (χ0n) is 9.76. The highest BCUT2D eigenvalue weighted by molar-refractivity contribution is 7.10. The smallest absolute Gasteiger partial charge is 0.326 e. The summed E-state index contributed by atoms with van der Waals surface area (Å²) in [5.74, 6) is -0.982. The Morgan fingerprint density at radius 2 is 2.33 bits per heavy atom. The lowest BCUT2D eigenvalue weighted by Crippen LogP contribution is -2.40. The molecule has 1 atom stereocenters. The van der Waals surface area contributed by atoms with Crippen LogP contribution < -0.4 is 0 Å². The number of carbonyl (C=O) groups excluding carboxylic acids is 1. The molecule has 0 saturated carbocycles. The lowest BCUT2D eigenvalue weighted by molar-refractivity contribution is -0.148. The van der Waals surface area contributed by atoms with Crippen molar-refractivity contribution >= 4 is 34.8 Å². The lowest BCUT2D eigenvalue weighted by atomic mass is 10.2. The Labute approximate surface area is 114 Å². The molecule has 1 saturated heterocycles. The summed E-state index contributed by atoms with van der Waals surface area (Å²) in [5, 5.41) is 11.5. The van der Waals surface area contributed by atoms with Crippen molar-refractivity contribution in [2.45, 2.75) is 31.7 Å². The Hall–Kier alpha value is -1.07. The summed E-state index contributed by atoms with van der Waals surface area (Å²) < 4.78 is 0. The molecule has 4 nitrogen and oxygen atoms in total. The van der Waals surface area contributed by atoms with Crippen molar-refractivity contribution in [3.05, 3.63) is 21.3 Å². The van der Waals surface area contributed by atoms with Gasteiger partial charge in [0.05, 0.1) is 5.02 Å². The van der Waals surface area contributed by atoms with Crippen molar-refractivity contribution < 1.29 is 14.7 Å². The highest BCUT2D eigenvalue weighted by Crippen LogP contribution is 2.22. The number of carboxylic acid groups (broad SMARTS) is 1. The van der Waals surface area contributed by atoms with Crippen molar-refractivity contribution in [1.29, 1.82) is 0 Å². The largest absolute Gasteiger partial charge is 0.480 e. The normalized spacial score (nSPS) is 19.2. The summed E-state index contributed by atoms with van der Waals surface area (Å²) in [6.45, 7) is 0.557. The lowest BCUT2D eigenvalue weighted by Gasteiger charge is -2.21. The minimum absolute atomic E-state index is 0.0792.